The van der Waals surface area contributed by atoms with Gasteiger partial charge in [0.25, 0.3) is 0 Å². The number of rotatable bonds is 7. The molecule has 160 valence electrons. The summed E-state index contributed by atoms with van der Waals surface area (Å²) < 4.78 is 10.7. The number of carbonyl (C=O) groups excluding carboxylic acids is 2. The molecule has 2 saturated heterocycles. The van der Waals surface area contributed by atoms with Crippen LogP contribution in [-0.4, -0.2) is 77.5 Å². The van der Waals surface area contributed by atoms with Crippen molar-refractivity contribution in [3.63, 3.8) is 0 Å². The molecule has 1 aromatic heterocycles. The Balaban J connectivity index is 1.41. The number of ether oxygens (including phenoxy) is 2. The lowest BCUT2D eigenvalue weighted by molar-refractivity contribution is -0.153. The molecule has 2 aliphatic rings. The number of amides is 2. The van der Waals surface area contributed by atoms with Gasteiger partial charge in [-0.25, -0.2) is 4.98 Å². The maximum atomic E-state index is 12.9. The van der Waals surface area contributed by atoms with E-state index in [0.29, 0.717) is 32.7 Å². The second-order valence-electron chi connectivity index (χ2n) is 7.70. The summed E-state index contributed by atoms with van der Waals surface area (Å²) in [6, 6.07) is 5.04. The van der Waals surface area contributed by atoms with E-state index in [2.05, 4.69) is 26.3 Å². The number of nitrogens with one attached hydrogen (secondary N) is 2. The molecule has 0 unspecified atom stereocenters. The lowest BCUT2D eigenvalue weighted by Gasteiger charge is -2.45. The van der Waals surface area contributed by atoms with Gasteiger partial charge in [-0.3, -0.25) is 14.5 Å². The van der Waals surface area contributed by atoms with Gasteiger partial charge in [0.1, 0.15) is 17.8 Å². The Hall–Kier alpha value is -2.91. The molecular formula is C21H27N5O4. The van der Waals surface area contributed by atoms with Gasteiger partial charge in [0, 0.05) is 57.2 Å². The molecule has 2 atom stereocenters. The highest BCUT2D eigenvalue weighted by atomic mass is 16.5. The highest BCUT2D eigenvalue weighted by Crippen LogP contribution is 2.23. The van der Waals surface area contributed by atoms with E-state index in [1.165, 1.54) is 0 Å². The standard InChI is InChI=1S/C21H27N5O4/c1-29-12-15-7-14(3-4-19(15)30-2)10-25-5-6-26-18(11-25)20(27)24-17(21(26)28)8-16-9-22-13-23-16/h3-4,7,9,13,17-18H,5-6,8,10-12H2,1-2H3,(H,22,23)(H,24,27)/t17-,18+/m0/s1. The minimum atomic E-state index is -0.543. The molecule has 0 aliphatic carbocycles. The molecule has 0 spiro atoms. The van der Waals surface area contributed by atoms with Crippen LogP contribution >= 0.6 is 0 Å². The van der Waals surface area contributed by atoms with E-state index in [9.17, 15) is 9.59 Å². The maximum absolute atomic E-state index is 12.9. The SMILES string of the molecule is COCc1cc(CN2CCN3C(=O)[C@H](Cc4cnc[nH]4)NC(=O)[C@H]3C2)ccc1OC. The zero-order chi connectivity index (χ0) is 21.1. The lowest BCUT2D eigenvalue weighted by Crippen LogP contribution is -2.69. The molecule has 9 heteroatoms. The Morgan fingerprint density at radius 2 is 2.10 bits per heavy atom. The maximum Gasteiger partial charge on any atom is 0.246 e. The Bertz CT molecular complexity index is 901. The fraction of sp³-hybridized carbons (Fsp3) is 0.476. The van der Waals surface area contributed by atoms with Gasteiger partial charge in [-0.1, -0.05) is 6.07 Å². The first-order chi connectivity index (χ1) is 14.6. The number of aromatic nitrogens is 2. The van der Waals surface area contributed by atoms with Crippen LogP contribution in [0.2, 0.25) is 0 Å². The molecule has 1 aromatic carbocycles. The summed E-state index contributed by atoms with van der Waals surface area (Å²) in [6.07, 6.45) is 3.67. The van der Waals surface area contributed by atoms with Gasteiger partial charge in [0.05, 0.1) is 20.0 Å². The number of carbonyl (C=O) groups is 2. The number of imidazole rings is 1. The highest BCUT2D eigenvalue weighted by molar-refractivity contribution is 5.97. The molecule has 4 rings (SSSR count). The summed E-state index contributed by atoms with van der Waals surface area (Å²) in [5.41, 5.74) is 2.94. The Morgan fingerprint density at radius 1 is 1.23 bits per heavy atom. The number of methoxy groups -OCH3 is 2. The number of hydrogen-bond acceptors (Lipinski definition) is 6. The number of fused-ring (bicyclic) bond motifs is 1. The average molecular weight is 413 g/mol. The predicted octanol–water partition coefficient (Wildman–Crippen LogP) is 0.319. The van der Waals surface area contributed by atoms with Crippen LogP contribution in [0.25, 0.3) is 0 Å². The van der Waals surface area contributed by atoms with Crippen LogP contribution in [0.15, 0.2) is 30.7 Å². The van der Waals surface area contributed by atoms with E-state index < -0.39 is 12.1 Å². The zero-order valence-electron chi connectivity index (χ0n) is 17.3. The number of nitrogens with zero attached hydrogens (tertiary/aromatic N) is 3. The van der Waals surface area contributed by atoms with Crippen LogP contribution in [0.4, 0.5) is 0 Å². The van der Waals surface area contributed by atoms with E-state index in [0.717, 1.165) is 29.1 Å². The Labute approximate surface area is 175 Å². The summed E-state index contributed by atoms with van der Waals surface area (Å²) in [5.74, 6) is 0.672. The Kier molecular flexibility index (Phi) is 6.01. The van der Waals surface area contributed by atoms with Crippen molar-refractivity contribution in [2.75, 3.05) is 33.9 Å². The topological polar surface area (TPSA) is 99.8 Å². The van der Waals surface area contributed by atoms with Crippen molar-refractivity contribution >= 4 is 11.8 Å². The van der Waals surface area contributed by atoms with E-state index >= 15 is 0 Å². The van der Waals surface area contributed by atoms with Gasteiger partial charge in [-0.15, -0.1) is 0 Å². The largest absolute Gasteiger partial charge is 0.496 e. The molecule has 9 nitrogen and oxygen atoms in total. The first-order valence-electron chi connectivity index (χ1n) is 10.0. The summed E-state index contributed by atoms with van der Waals surface area (Å²) in [6.45, 7) is 2.95. The van der Waals surface area contributed by atoms with Crippen molar-refractivity contribution < 1.29 is 19.1 Å². The third-order valence-corrected chi connectivity index (χ3v) is 5.69. The molecule has 30 heavy (non-hydrogen) atoms. The number of piperazine rings is 2. The average Bonchev–Trinajstić information content (AvgIpc) is 3.25. The van der Waals surface area contributed by atoms with E-state index in [1.807, 2.05) is 12.1 Å². The van der Waals surface area contributed by atoms with Crippen LogP contribution in [0.3, 0.4) is 0 Å². The van der Waals surface area contributed by atoms with Crippen LogP contribution < -0.4 is 10.1 Å². The quantitative estimate of drug-likeness (QED) is 0.678. The summed E-state index contributed by atoms with van der Waals surface area (Å²) in [7, 11) is 3.30. The third-order valence-electron chi connectivity index (χ3n) is 5.69. The number of benzene rings is 1. The first kappa shape index (κ1) is 20.4. The molecule has 2 N–H and O–H groups in total. The van der Waals surface area contributed by atoms with Gasteiger partial charge >= 0.3 is 0 Å². The predicted molar refractivity (Wildman–Crippen MR) is 109 cm³/mol. The monoisotopic (exact) mass is 413 g/mol. The summed E-state index contributed by atoms with van der Waals surface area (Å²) in [5, 5.41) is 2.89. The zero-order valence-corrected chi connectivity index (χ0v) is 17.3. The van der Waals surface area contributed by atoms with Gasteiger partial charge in [-0.2, -0.15) is 0 Å². The summed E-state index contributed by atoms with van der Waals surface area (Å²) in [4.78, 5) is 36.6. The molecular weight excluding hydrogens is 386 g/mol. The van der Waals surface area contributed by atoms with Crippen molar-refractivity contribution in [3.05, 3.63) is 47.5 Å². The van der Waals surface area contributed by atoms with Crippen LogP contribution in [0, 0.1) is 0 Å². The fourth-order valence-corrected chi connectivity index (χ4v) is 4.21. The van der Waals surface area contributed by atoms with Crippen LogP contribution in [0.5, 0.6) is 5.75 Å². The molecule has 2 amide bonds. The molecule has 2 aromatic rings. The van der Waals surface area contributed by atoms with Crippen molar-refractivity contribution in [2.24, 2.45) is 0 Å². The normalized spacial score (nSPS) is 22.0. The smallest absolute Gasteiger partial charge is 0.246 e. The molecule has 0 bridgehead atoms. The van der Waals surface area contributed by atoms with Crippen LogP contribution in [0.1, 0.15) is 16.8 Å². The van der Waals surface area contributed by atoms with Gasteiger partial charge in [-0.05, 0) is 17.7 Å². The van der Waals surface area contributed by atoms with E-state index in [-0.39, 0.29) is 11.8 Å². The second kappa shape index (κ2) is 8.85. The van der Waals surface area contributed by atoms with E-state index in [4.69, 9.17) is 9.47 Å². The lowest BCUT2D eigenvalue weighted by atomic mass is 10.0. The molecule has 0 radical (unpaired) electrons. The Morgan fingerprint density at radius 3 is 2.83 bits per heavy atom. The van der Waals surface area contributed by atoms with Gasteiger partial charge in [0.15, 0.2) is 0 Å². The van der Waals surface area contributed by atoms with Crippen LogP contribution in [-0.2, 0) is 33.9 Å². The van der Waals surface area contributed by atoms with Crippen molar-refractivity contribution in [1.82, 2.24) is 25.1 Å². The number of hydrogen-bond donors (Lipinski definition) is 2. The molecule has 3 heterocycles. The summed E-state index contributed by atoms with van der Waals surface area (Å²) >= 11 is 0. The van der Waals surface area contributed by atoms with Gasteiger partial charge in [0.2, 0.25) is 11.8 Å². The molecule has 2 aliphatic heterocycles. The minimum Gasteiger partial charge on any atom is -0.496 e. The van der Waals surface area contributed by atoms with Gasteiger partial charge < -0.3 is 24.7 Å². The second-order valence-corrected chi connectivity index (χ2v) is 7.70. The van der Waals surface area contributed by atoms with Crippen molar-refractivity contribution in [2.45, 2.75) is 31.7 Å². The van der Waals surface area contributed by atoms with Crippen molar-refractivity contribution in [3.8, 4) is 5.75 Å². The number of H-pyrrole nitrogens is 1. The number of aromatic amines is 1. The molecule has 0 saturated carbocycles. The first-order valence-corrected chi connectivity index (χ1v) is 10.0. The molecule has 2 fully saturated rings. The third kappa shape index (κ3) is 4.17. The van der Waals surface area contributed by atoms with Crippen molar-refractivity contribution in [1.29, 1.82) is 0 Å². The highest BCUT2D eigenvalue weighted by Gasteiger charge is 2.43. The fourth-order valence-electron chi connectivity index (χ4n) is 4.21. The van der Waals surface area contributed by atoms with E-state index in [1.54, 1.807) is 31.6 Å². The minimum absolute atomic E-state index is 0.0271.